The molecule has 0 spiro atoms. The molecule has 0 radical (unpaired) electrons. The van der Waals surface area contributed by atoms with Crippen LogP contribution in [0, 0.1) is 6.92 Å². The van der Waals surface area contributed by atoms with Gasteiger partial charge in [0.05, 0.1) is 6.04 Å². The van der Waals surface area contributed by atoms with E-state index in [4.69, 9.17) is 10.3 Å². The lowest BCUT2D eigenvalue weighted by Crippen LogP contribution is -2.41. The van der Waals surface area contributed by atoms with E-state index < -0.39 is 6.04 Å². The highest BCUT2D eigenvalue weighted by molar-refractivity contribution is 5.81. The number of hydrogen-bond acceptors (Lipinski definition) is 5. The molecule has 6 nitrogen and oxygen atoms in total. The minimum Gasteiger partial charge on any atom is -0.354 e. The summed E-state index contributed by atoms with van der Waals surface area (Å²) in [6.45, 7) is 2.20. The molecule has 1 unspecified atom stereocenters. The Morgan fingerprint density at radius 2 is 2.10 bits per heavy atom. The van der Waals surface area contributed by atoms with E-state index in [0.29, 0.717) is 31.1 Å². The van der Waals surface area contributed by atoms with Gasteiger partial charge < -0.3 is 15.6 Å². The van der Waals surface area contributed by atoms with E-state index in [1.807, 2.05) is 30.3 Å². The van der Waals surface area contributed by atoms with Crippen LogP contribution in [0.3, 0.4) is 0 Å². The topological polar surface area (TPSA) is 94.0 Å². The fourth-order valence-corrected chi connectivity index (χ4v) is 1.96. The van der Waals surface area contributed by atoms with Crippen molar-refractivity contribution in [1.82, 2.24) is 15.5 Å². The Labute approximate surface area is 123 Å². The molecule has 6 heteroatoms. The van der Waals surface area contributed by atoms with E-state index in [-0.39, 0.29) is 5.91 Å². The number of rotatable bonds is 7. The molecule has 0 saturated heterocycles. The first-order chi connectivity index (χ1) is 10.1. The van der Waals surface area contributed by atoms with E-state index in [0.717, 1.165) is 6.42 Å². The summed E-state index contributed by atoms with van der Waals surface area (Å²) in [7, 11) is 0. The van der Waals surface area contributed by atoms with E-state index in [2.05, 4.69) is 15.5 Å². The number of nitrogens with zero attached hydrogens (tertiary/aromatic N) is 2. The van der Waals surface area contributed by atoms with Crippen molar-refractivity contribution in [3.63, 3.8) is 0 Å². The Morgan fingerprint density at radius 3 is 2.76 bits per heavy atom. The van der Waals surface area contributed by atoms with Crippen molar-refractivity contribution in [3.8, 4) is 0 Å². The van der Waals surface area contributed by atoms with Gasteiger partial charge in [0.25, 0.3) is 0 Å². The van der Waals surface area contributed by atoms with Crippen LogP contribution in [0.1, 0.15) is 23.7 Å². The Kier molecular flexibility index (Phi) is 5.45. The lowest BCUT2D eigenvalue weighted by Gasteiger charge is -2.11. The monoisotopic (exact) mass is 288 g/mol. The minimum atomic E-state index is -0.505. The van der Waals surface area contributed by atoms with Gasteiger partial charge in [-0.2, -0.15) is 4.98 Å². The predicted molar refractivity (Wildman–Crippen MR) is 78.5 cm³/mol. The van der Waals surface area contributed by atoms with E-state index in [1.165, 1.54) is 5.56 Å². The van der Waals surface area contributed by atoms with Gasteiger partial charge >= 0.3 is 0 Å². The number of nitrogens with one attached hydrogen (secondary N) is 1. The Balaban J connectivity index is 1.67. The highest BCUT2D eigenvalue weighted by Crippen LogP contribution is 2.04. The average Bonchev–Trinajstić information content (AvgIpc) is 2.91. The fourth-order valence-electron chi connectivity index (χ4n) is 1.96. The molecular formula is C15H20N4O2. The molecule has 2 aromatic rings. The molecule has 112 valence electrons. The molecule has 21 heavy (non-hydrogen) atoms. The quantitative estimate of drug-likeness (QED) is 0.792. The van der Waals surface area contributed by atoms with Crippen molar-refractivity contribution < 1.29 is 9.32 Å². The van der Waals surface area contributed by atoms with Crippen LogP contribution in [-0.2, 0) is 17.6 Å². The second-order valence-corrected chi connectivity index (χ2v) is 4.91. The third-order valence-electron chi connectivity index (χ3n) is 3.13. The van der Waals surface area contributed by atoms with Crippen LogP contribution in [0.25, 0.3) is 0 Å². The van der Waals surface area contributed by atoms with E-state index in [1.54, 1.807) is 6.92 Å². The van der Waals surface area contributed by atoms with Crippen molar-refractivity contribution in [2.24, 2.45) is 5.73 Å². The predicted octanol–water partition coefficient (Wildman–Crippen LogP) is 0.997. The average molecular weight is 288 g/mol. The zero-order valence-electron chi connectivity index (χ0n) is 12.1. The number of aromatic nitrogens is 2. The number of carbonyl (C=O) groups is 1. The second-order valence-electron chi connectivity index (χ2n) is 4.91. The number of nitrogens with two attached hydrogens (primary N) is 1. The van der Waals surface area contributed by atoms with Crippen LogP contribution in [0.15, 0.2) is 34.9 Å². The third kappa shape index (κ3) is 5.00. The van der Waals surface area contributed by atoms with Crippen molar-refractivity contribution in [3.05, 3.63) is 47.6 Å². The molecule has 1 aromatic carbocycles. The van der Waals surface area contributed by atoms with Crippen LogP contribution in [0.4, 0.5) is 0 Å². The molecule has 2 rings (SSSR count). The largest absolute Gasteiger partial charge is 0.354 e. The maximum absolute atomic E-state index is 11.9. The van der Waals surface area contributed by atoms with Crippen molar-refractivity contribution in [2.45, 2.75) is 32.2 Å². The molecule has 0 aliphatic rings. The zero-order chi connectivity index (χ0) is 15.1. The molecule has 0 aliphatic heterocycles. The molecule has 1 heterocycles. The summed E-state index contributed by atoms with van der Waals surface area (Å²) in [5.74, 6) is 0.962. The fraction of sp³-hybridized carbons (Fsp3) is 0.400. The first kappa shape index (κ1) is 15.2. The molecule has 0 bridgehead atoms. The molecule has 1 amide bonds. The number of hydrogen-bond donors (Lipinski definition) is 2. The second kappa shape index (κ2) is 7.54. The molecule has 3 N–H and O–H groups in total. The molecule has 0 fully saturated rings. The summed E-state index contributed by atoms with van der Waals surface area (Å²) >= 11 is 0. The molecule has 1 atom stereocenters. The maximum Gasteiger partial charge on any atom is 0.236 e. The van der Waals surface area contributed by atoms with Gasteiger partial charge in [-0.3, -0.25) is 4.79 Å². The lowest BCUT2D eigenvalue weighted by atomic mass is 10.1. The summed E-state index contributed by atoms with van der Waals surface area (Å²) in [6.07, 6.45) is 1.92. The Morgan fingerprint density at radius 1 is 1.33 bits per heavy atom. The van der Waals surface area contributed by atoms with Gasteiger partial charge in [0.15, 0.2) is 5.82 Å². The lowest BCUT2D eigenvalue weighted by molar-refractivity contribution is -0.122. The summed E-state index contributed by atoms with van der Waals surface area (Å²) < 4.78 is 4.97. The molecular weight excluding hydrogens is 268 g/mol. The molecule has 1 aromatic heterocycles. The summed E-state index contributed by atoms with van der Waals surface area (Å²) in [4.78, 5) is 15.9. The first-order valence-electron chi connectivity index (χ1n) is 7.01. The number of aryl methyl sites for hydroxylation is 2. The highest BCUT2D eigenvalue weighted by Gasteiger charge is 2.13. The van der Waals surface area contributed by atoms with E-state index >= 15 is 0 Å². The summed E-state index contributed by atoms with van der Waals surface area (Å²) in [5, 5.41) is 6.47. The standard InChI is InChI=1S/C15H20N4O2/c1-11-18-14(21-19-11)9-10-17-15(20)13(16)8-7-12-5-3-2-4-6-12/h2-6,13H,7-10,16H2,1H3,(H,17,20). The molecule has 0 aliphatic carbocycles. The minimum absolute atomic E-state index is 0.151. The normalized spacial score (nSPS) is 12.1. The SMILES string of the molecule is Cc1noc(CCNC(=O)C(N)CCc2ccccc2)n1. The zero-order valence-corrected chi connectivity index (χ0v) is 12.1. The van der Waals surface area contributed by atoms with Gasteiger partial charge in [-0.15, -0.1) is 0 Å². The number of benzene rings is 1. The number of carbonyl (C=O) groups excluding carboxylic acids is 1. The van der Waals surface area contributed by atoms with Gasteiger partial charge in [0.2, 0.25) is 11.8 Å². The van der Waals surface area contributed by atoms with Crippen molar-refractivity contribution >= 4 is 5.91 Å². The molecule has 0 saturated carbocycles. The number of amides is 1. The highest BCUT2D eigenvalue weighted by atomic mass is 16.5. The first-order valence-corrected chi connectivity index (χ1v) is 7.01. The Bertz CT molecular complexity index is 568. The maximum atomic E-state index is 11.9. The smallest absolute Gasteiger partial charge is 0.236 e. The van der Waals surface area contributed by atoms with E-state index in [9.17, 15) is 4.79 Å². The van der Waals surface area contributed by atoms with Crippen LogP contribution >= 0.6 is 0 Å². The summed E-state index contributed by atoms with van der Waals surface area (Å²) in [5.41, 5.74) is 7.07. The Hall–Kier alpha value is -2.21. The third-order valence-corrected chi connectivity index (χ3v) is 3.13. The van der Waals surface area contributed by atoms with Crippen LogP contribution < -0.4 is 11.1 Å². The van der Waals surface area contributed by atoms with Crippen LogP contribution in [0.2, 0.25) is 0 Å². The van der Waals surface area contributed by atoms with Crippen molar-refractivity contribution in [1.29, 1.82) is 0 Å². The van der Waals surface area contributed by atoms with Crippen molar-refractivity contribution in [2.75, 3.05) is 6.54 Å². The van der Waals surface area contributed by atoms with Gasteiger partial charge in [-0.25, -0.2) is 0 Å². The van der Waals surface area contributed by atoms with Gasteiger partial charge in [0, 0.05) is 13.0 Å². The van der Waals surface area contributed by atoms with Gasteiger partial charge in [-0.05, 0) is 25.3 Å². The van der Waals surface area contributed by atoms with Crippen LogP contribution in [0.5, 0.6) is 0 Å². The van der Waals surface area contributed by atoms with Gasteiger partial charge in [-0.1, -0.05) is 35.5 Å². The van der Waals surface area contributed by atoms with Gasteiger partial charge in [0.1, 0.15) is 0 Å². The van der Waals surface area contributed by atoms with Crippen LogP contribution in [-0.4, -0.2) is 28.6 Å². The summed E-state index contributed by atoms with van der Waals surface area (Å²) in [6, 6.07) is 9.48.